The highest BCUT2D eigenvalue weighted by Gasteiger charge is 2.02. The van der Waals surface area contributed by atoms with Gasteiger partial charge in [0.1, 0.15) is 0 Å². The molecule has 2 rings (SSSR count). The highest BCUT2D eigenvalue weighted by atomic mass is 32.2. The normalized spacial score (nSPS) is 10.5. The molecule has 2 nitrogen and oxygen atoms in total. The Kier molecular flexibility index (Phi) is 7.21. The van der Waals surface area contributed by atoms with Crippen molar-refractivity contribution >= 4 is 17.7 Å². The molecule has 3 heteroatoms. The number of aryl methyl sites for hydroxylation is 2. The minimum atomic E-state index is -0.189. The van der Waals surface area contributed by atoms with Crippen LogP contribution >= 0.6 is 11.8 Å². The van der Waals surface area contributed by atoms with Gasteiger partial charge in [-0.25, -0.2) is 0 Å². The Morgan fingerprint density at radius 1 is 0.957 bits per heavy atom. The van der Waals surface area contributed by atoms with Crippen LogP contribution in [0.2, 0.25) is 0 Å². The van der Waals surface area contributed by atoms with Gasteiger partial charge in [0.2, 0.25) is 0 Å². The van der Waals surface area contributed by atoms with Gasteiger partial charge in [-0.15, -0.1) is 11.8 Å². The van der Waals surface area contributed by atoms with E-state index >= 15 is 0 Å². The summed E-state index contributed by atoms with van der Waals surface area (Å²) in [4.78, 5) is 12.6. The van der Waals surface area contributed by atoms with Crippen molar-refractivity contribution in [2.75, 3.05) is 12.9 Å². The van der Waals surface area contributed by atoms with Crippen LogP contribution in [0.4, 0.5) is 0 Å². The van der Waals surface area contributed by atoms with Gasteiger partial charge >= 0.3 is 5.97 Å². The average Bonchev–Trinajstić information content (AvgIpc) is 2.57. The van der Waals surface area contributed by atoms with E-state index in [0.717, 1.165) is 17.7 Å². The fourth-order valence-electron chi connectivity index (χ4n) is 2.32. The first kappa shape index (κ1) is 17.6. The lowest BCUT2D eigenvalue weighted by Crippen LogP contribution is -2.04. The third-order valence-corrected chi connectivity index (χ3v) is 4.85. The molecule has 0 fully saturated rings. The summed E-state index contributed by atoms with van der Waals surface area (Å²) in [7, 11) is 1.42. The molecule has 0 atom stereocenters. The Balaban J connectivity index is 1.66. The Morgan fingerprint density at radius 3 is 2.26 bits per heavy atom. The van der Waals surface area contributed by atoms with Crippen molar-refractivity contribution < 1.29 is 9.53 Å². The number of rotatable bonds is 8. The maximum atomic E-state index is 11.2. The van der Waals surface area contributed by atoms with Crippen molar-refractivity contribution in [2.45, 2.75) is 37.5 Å². The maximum absolute atomic E-state index is 11.2. The van der Waals surface area contributed by atoms with Gasteiger partial charge in [-0.3, -0.25) is 4.79 Å². The summed E-state index contributed by atoms with van der Waals surface area (Å²) >= 11 is 1.92. The minimum Gasteiger partial charge on any atom is -0.469 e. The van der Waals surface area contributed by atoms with Crippen molar-refractivity contribution in [3.63, 3.8) is 0 Å². The van der Waals surface area contributed by atoms with Gasteiger partial charge < -0.3 is 4.74 Å². The molecule has 0 saturated heterocycles. The molecule has 0 aliphatic carbocycles. The Labute approximate surface area is 143 Å². The SMILES string of the molecule is COC(=O)Cc1ccc(CCCCSc2ccc(C)cc2)cc1. The molecule has 0 aliphatic heterocycles. The zero-order valence-electron chi connectivity index (χ0n) is 13.9. The van der Waals surface area contributed by atoms with E-state index in [4.69, 9.17) is 0 Å². The molecule has 0 spiro atoms. The second-order valence-corrected chi connectivity index (χ2v) is 6.86. The van der Waals surface area contributed by atoms with Gasteiger partial charge in [-0.2, -0.15) is 0 Å². The summed E-state index contributed by atoms with van der Waals surface area (Å²) in [6.07, 6.45) is 3.84. The van der Waals surface area contributed by atoms with Crippen LogP contribution in [0.15, 0.2) is 53.4 Å². The molecule has 0 aliphatic rings. The maximum Gasteiger partial charge on any atom is 0.309 e. The number of thioether (sulfide) groups is 1. The number of esters is 1. The van der Waals surface area contributed by atoms with Gasteiger partial charge in [-0.05, 0) is 55.2 Å². The number of hydrogen-bond acceptors (Lipinski definition) is 3. The summed E-state index contributed by atoms with van der Waals surface area (Å²) in [5.74, 6) is 0.967. The number of ether oxygens (including phenoxy) is 1. The van der Waals surface area contributed by atoms with Crippen LogP contribution in [-0.2, 0) is 22.4 Å². The summed E-state index contributed by atoms with van der Waals surface area (Å²) < 4.78 is 4.68. The molecule has 0 aromatic heterocycles. The monoisotopic (exact) mass is 328 g/mol. The van der Waals surface area contributed by atoms with Crippen molar-refractivity contribution in [1.29, 1.82) is 0 Å². The van der Waals surface area contributed by atoms with E-state index in [9.17, 15) is 4.79 Å². The van der Waals surface area contributed by atoms with Crippen molar-refractivity contribution in [1.82, 2.24) is 0 Å². The lowest BCUT2D eigenvalue weighted by molar-refractivity contribution is -0.139. The molecule has 0 bridgehead atoms. The van der Waals surface area contributed by atoms with Gasteiger partial charge in [-0.1, -0.05) is 42.0 Å². The van der Waals surface area contributed by atoms with Gasteiger partial charge in [0.05, 0.1) is 13.5 Å². The molecule has 0 saturated carbocycles. The first-order valence-electron chi connectivity index (χ1n) is 8.01. The predicted molar refractivity (Wildman–Crippen MR) is 97.0 cm³/mol. The molecule has 122 valence electrons. The zero-order chi connectivity index (χ0) is 16.5. The number of carbonyl (C=O) groups is 1. The molecule has 0 N–H and O–H groups in total. The summed E-state index contributed by atoms with van der Waals surface area (Å²) in [5, 5.41) is 0. The van der Waals surface area contributed by atoms with Gasteiger partial charge in [0, 0.05) is 4.90 Å². The summed E-state index contributed by atoms with van der Waals surface area (Å²) in [6.45, 7) is 2.12. The Hall–Kier alpha value is -1.74. The second-order valence-electron chi connectivity index (χ2n) is 5.69. The quantitative estimate of drug-likeness (QED) is 0.394. The van der Waals surface area contributed by atoms with E-state index in [2.05, 4.69) is 48.1 Å². The third kappa shape index (κ3) is 6.49. The fraction of sp³-hybridized carbons (Fsp3) is 0.350. The molecule has 0 radical (unpaired) electrons. The second kappa shape index (κ2) is 9.41. The van der Waals surface area contributed by atoms with E-state index in [0.29, 0.717) is 6.42 Å². The molecule has 23 heavy (non-hydrogen) atoms. The summed E-state index contributed by atoms with van der Waals surface area (Å²) in [6, 6.07) is 17.0. The number of carbonyl (C=O) groups excluding carboxylic acids is 1. The van der Waals surface area contributed by atoms with Crippen LogP contribution in [0, 0.1) is 6.92 Å². The first-order valence-corrected chi connectivity index (χ1v) is 9.00. The molecule has 0 heterocycles. The minimum absolute atomic E-state index is 0.189. The van der Waals surface area contributed by atoms with Crippen LogP contribution in [0.1, 0.15) is 29.5 Å². The van der Waals surface area contributed by atoms with E-state index in [1.165, 1.54) is 36.0 Å². The molecule has 0 unspecified atom stereocenters. The highest BCUT2D eigenvalue weighted by Crippen LogP contribution is 2.20. The fourth-order valence-corrected chi connectivity index (χ4v) is 3.23. The van der Waals surface area contributed by atoms with Crippen LogP contribution in [0.3, 0.4) is 0 Å². The highest BCUT2D eigenvalue weighted by molar-refractivity contribution is 7.99. The van der Waals surface area contributed by atoms with Crippen LogP contribution in [0.25, 0.3) is 0 Å². The van der Waals surface area contributed by atoms with E-state index in [1.54, 1.807) is 0 Å². The topological polar surface area (TPSA) is 26.3 Å². The van der Waals surface area contributed by atoms with Gasteiger partial charge in [0.15, 0.2) is 0 Å². The number of methoxy groups -OCH3 is 1. The van der Waals surface area contributed by atoms with Crippen molar-refractivity contribution in [2.24, 2.45) is 0 Å². The Bertz CT molecular complexity index is 603. The molecule has 2 aromatic rings. The smallest absolute Gasteiger partial charge is 0.309 e. The van der Waals surface area contributed by atoms with E-state index < -0.39 is 0 Å². The van der Waals surface area contributed by atoms with E-state index in [-0.39, 0.29) is 5.97 Å². The first-order chi connectivity index (χ1) is 11.2. The molecular weight excluding hydrogens is 304 g/mol. The largest absolute Gasteiger partial charge is 0.469 e. The van der Waals surface area contributed by atoms with Crippen LogP contribution in [0.5, 0.6) is 0 Å². The van der Waals surface area contributed by atoms with Crippen molar-refractivity contribution in [3.8, 4) is 0 Å². The van der Waals surface area contributed by atoms with Gasteiger partial charge in [0.25, 0.3) is 0 Å². The van der Waals surface area contributed by atoms with Crippen molar-refractivity contribution in [3.05, 3.63) is 65.2 Å². The standard InChI is InChI=1S/C20H24O2S/c1-16-6-12-19(13-7-16)23-14-4-3-5-17-8-10-18(11-9-17)15-20(21)22-2/h6-13H,3-5,14-15H2,1-2H3. The Morgan fingerprint density at radius 2 is 1.61 bits per heavy atom. The number of benzene rings is 2. The molecule has 0 amide bonds. The third-order valence-electron chi connectivity index (χ3n) is 3.75. The van der Waals surface area contributed by atoms with Crippen LogP contribution < -0.4 is 0 Å². The number of hydrogen-bond donors (Lipinski definition) is 0. The zero-order valence-corrected chi connectivity index (χ0v) is 14.7. The van der Waals surface area contributed by atoms with E-state index in [1.807, 2.05) is 23.9 Å². The average molecular weight is 328 g/mol. The lowest BCUT2D eigenvalue weighted by Gasteiger charge is -2.05. The lowest BCUT2D eigenvalue weighted by atomic mass is 10.1. The molecule has 2 aromatic carbocycles. The van der Waals surface area contributed by atoms with Crippen LogP contribution in [-0.4, -0.2) is 18.8 Å². The predicted octanol–water partition coefficient (Wildman–Crippen LogP) is 4.83. The number of unbranched alkanes of at least 4 members (excludes halogenated alkanes) is 1. The summed E-state index contributed by atoms with van der Waals surface area (Å²) in [5.41, 5.74) is 3.65. The molecular formula is C20H24O2S.